The Morgan fingerprint density at radius 1 is 1.57 bits per heavy atom. The van der Waals surface area contributed by atoms with Gasteiger partial charge in [0.2, 0.25) is 0 Å². The molecule has 3 rings (SSSR count). The Kier molecular flexibility index (Phi) is 4.33. The molecule has 2 saturated heterocycles. The number of nitrogens with two attached hydrogens (primary N) is 1. The summed E-state index contributed by atoms with van der Waals surface area (Å²) < 4.78 is 30.5. The second-order valence-corrected chi connectivity index (χ2v) is 8.06. The molecule has 23 heavy (non-hydrogen) atoms. The Hall–Kier alpha value is -1.25. The number of nitrogen functional groups attached to an aromatic ring is 1. The zero-order valence-corrected chi connectivity index (χ0v) is 13.8. The van der Waals surface area contributed by atoms with Crippen LogP contribution >= 0.6 is 7.60 Å². The molecule has 9 nitrogen and oxygen atoms in total. The summed E-state index contributed by atoms with van der Waals surface area (Å²) in [6, 6.07) is 1.47. The van der Waals surface area contributed by atoms with Gasteiger partial charge in [-0.1, -0.05) is 0 Å². The van der Waals surface area contributed by atoms with Gasteiger partial charge in [0.1, 0.15) is 18.1 Å². The van der Waals surface area contributed by atoms with Crippen LogP contribution in [0.3, 0.4) is 0 Å². The topological polar surface area (TPSA) is 126 Å². The standard InChI is InChI=1S/C13H20N3O6P/c1-7(2)22-23(19)6-8-11(17)9(5-20-23)21-12(8)16-4-3-10(14)15-13(16)18/h3-4,7-9,11-12,17H,5-6H2,1-2H3,(H2,14,15,18)/t8-,9?,11-,12+,23?/m0/s1. The number of hydrogen-bond acceptors (Lipinski definition) is 8. The third-order valence-corrected chi connectivity index (χ3v) is 6.02. The van der Waals surface area contributed by atoms with Crippen molar-refractivity contribution in [1.29, 1.82) is 0 Å². The maximum Gasteiger partial charge on any atom is 0.351 e. The van der Waals surface area contributed by atoms with Gasteiger partial charge in [-0.3, -0.25) is 9.13 Å². The lowest BCUT2D eigenvalue weighted by atomic mass is 10.0. The summed E-state index contributed by atoms with van der Waals surface area (Å²) in [5.41, 5.74) is 4.90. The van der Waals surface area contributed by atoms with Crippen molar-refractivity contribution < 1.29 is 23.5 Å². The molecule has 5 atom stereocenters. The number of nitrogens with zero attached hydrogens (tertiary/aromatic N) is 2. The van der Waals surface area contributed by atoms with Crippen LogP contribution in [0.25, 0.3) is 0 Å². The summed E-state index contributed by atoms with van der Waals surface area (Å²) in [6.07, 6.45) is -1.24. The predicted octanol–water partition coefficient (Wildman–Crippen LogP) is 0.348. The number of aliphatic hydroxyl groups excluding tert-OH is 1. The number of rotatable bonds is 3. The first kappa shape index (κ1) is 16.6. The van der Waals surface area contributed by atoms with Crippen molar-refractivity contribution in [2.45, 2.75) is 38.4 Å². The Bertz CT molecular complexity index is 693. The fraction of sp³-hybridized carbons (Fsp3) is 0.692. The molecule has 0 saturated carbocycles. The average molecular weight is 345 g/mol. The Labute approximate surface area is 132 Å². The van der Waals surface area contributed by atoms with Crippen molar-refractivity contribution in [3.63, 3.8) is 0 Å². The van der Waals surface area contributed by atoms with Crippen LogP contribution in [0.15, 0.2) is 17.1 Å². The van der Waals surface area contributed by atoms with Gasteiger partial charge >= 0.3 is 13.3 Å². The molecule has 1 aromatic heterocycles. The minimum atomic E-state index is -3.38. The summed E-state index contributed by atoms with van der Waals surface area (Å²) in [5, 5.41) is 10.4. The number of hydrogen-bond donors (Lipinski definition) is 2. The normalized spacial score (nSPS) is 37.0. The van der Waals surface area contributed by atoms with Crippen molar-refractivity contribution >= 4 is 13.4 Å². The molecule has 128 valence electrons. The molecule has 0 spiro atoms. The minimum absolute atomic E-state index is 0.0374. The van der Waals surface area contributed by atoms with Gasteiger partial charge < -0.3 is 24.6 Å². The highest BCUT2D eigenvalue weighted by molar-refractivity contribution is 7.53. The van der Waals surface area contributed by atoms with Crippen molar-refractivity contribution in [2.24, 2.45) is 5.92 Å². The molecule has 0 amide bonds. The molecular weight excluding hydrogens is 325 g/mol. The van der Waals surface area contributed by atoms with E-state index in [4.69, 9.17) is 19.5 Å². The largest absolute Gasteiger partial charge is 0.390 e. The second-order valence-electron chi connectivity index (χ2n) is 6.01. The van der Waals surface area contributed by atoms with Gasteiger partial charge in [0.05, 0.1) is 25.0 Å². The van der Waals surface area contributed by atoms with E-state index in [2.05, 4.69) is 4.98 Å². The van der Waals surface area contributed by atoms with E-state index in [-0.39, 0.29) is 24.7 Å². The first-order valence-corrected chi connectivity index (χ1v) is 9.12. The first-order chi connectivity index (χ1) is 10.8. The van der Waals surface area contributed by atoms with Crippen molar-refractivity contribution in [3.8, 4) is 0 Å². The molecule has 3 heterocycles. The molecule has 0 aromatic carbocycles. The van der Waals surface area contributed by atoms with Gasteiger partial charge in [0.25, 0.3) is 0 Å². The number of aliphatic hydroxyl groups is 1. The van der Waals surface area contributed by atoms with Crippen LogP contribution in [-0.4, -0.2) is 45.7 Å². The van der Waals surface area contributed by atoms with E-state index < -0.39 is 37.6 Å². The quantitative estimate of drug-likeness (QED) is 0.752. The molecule has 3 N–H and O–H groups in total. The summed E-state index contributed by atoms with van der Waals surface area (Å²) in [6.45, 7) is 3.45. The van der Waals surface area contributed by atoms with Crippen LogP contribution in [0.1, 0.15) is 20.1 Å². The summed E-state index contributed by atoms with van der Waals surface area (Å²) >= 11 is 0. The molecule has 2 fully saturated rings. The molecule has 2 unspecified atom stereocenters. The average Bonchev–Trinajstić information content (AvgIpc) is 2.66. The van der Waals surface area contributed by atoms with Crippen LogP contribution in [-0.2, 0) is 18.3 Å². The van der Waals surface area contributed by atoms with E-state index in [1.54, 1.807) is 13.8 Å². The first-order valence-electron chi connectivity index (χ1n) is 7.39. The van der Waals surface area contributed by atoms with Crippen molar-refractivity contribution in [3.05, 3.63) is 22.7 Å². The lowest BCUT2D eigenvalue weighted by Gasteiger charge is -2.27. The smallest absolute Gasteiger partial charge is 0.351 e. The number of aromatic nitrogens is 2. The van der Waals surface area contributed by atoms with E-state index >= 15 is 0 Å². The predicted molar refractivity (Wildman–Crippen MR) is 81.0 cm³/mol. The van der Waals surface area contributed by atoms with Crippen LogP contribution in [0.2, 0.25) is 0 Å². The SMILES string of the molecule is CC(C)OP1(=O)C[C@H]2[C@H](O)C(CO1)O[C@H]2n1ccc(N)nc1=O. The number of fused-ring (bicyclic) bond motifs is 2. The van der Waals surface area contributed by atoms with Crippen LogP contribution in [0, 0.1) is 5.92 Å². The van der Waals surface area contributed by atoms with E-state index in [0.717, 1.165) is 0 Å². The third kappa shape index (κ3) is 3.20. The zero-order chi connectivity index (χ0) is 16.8. The Morgan fingerprint density at radius 3 is 2.96 bits per heavy atom. The molecule has 0 aliphatic carbocycles. The lowest BCUT2D eigenvalue weighted by Crippen LogP contribution is -2.33. The van der Waals surface area contributed by atoms with Crippen LogP contribution in [0.4, 0.5) is 5.82 Å². The summed E-state index contributed by atoms with van der Waals surface area (Å²) in [4.78, 5) is 15.7. The van der Waals surface area contributed by atoms with Crippen LogP contribution < -0.4 is 11.4 Å². The highest BCUT2D eigenvalue weighted by Crippen LogP contribution is 2.57. The molecule has 10 heteroatoms. The van der Waals surface area contributed by atoms with E-state index in [1.165, 1.54) is 16.8 Å². The number of anilines is 1. The van der Waals surface area contributed by atoms with Crippen molar-refractivity contribution in [2.75, 3.05) is 18.5 Å². The molecule has 2 bridgehead atoms. The Balaban J connectivity index is 1.93. The molecule has 0 radical (unpaired) electrons. The van der Waals surface area contributed by atoms with E-state index in [9.17, 15) is 14.5 Å². The molecular formula is C13H20N3O6P. The highest BCUT2D eigenvalue weighted by atomic mass is 31.2. The summed E-state index contributed by atoms with van der Waals surface area (Å²) in [7, 11) is -3.38. The Morgan fingerprint density at radius 2 is 2.30 bits per heavy atom. The summed E-state index contributed by atoms with van der Waals surface area (Å²) in [5.74, 6) is -0.502. The lowest BCUT2D eigenvalue weighted by molar-refractivity contribution is -0.0494. The van der Waals surface area contributed by atoms with Gasteiger partial charge in [-0.15, -0.1) is 0 Å². The highest BCUT2D eigenvalue weighted by Gasteiger charge is 2.52. The van der Waals surface area contributed by atoms with Gasteiger partial charge in [0, 0.05) is 12.1 Å². The molecule has 2 aliphatic heterocycles. The maximum absolute atomic E-state index is 12.8. The second kappa shape index (κ2) is 5.99. The molecule has 1 aromatic rings. The van der Waals surface area contributed by atoms with Gasteiger partial charge in [-0.05, 0) is 19.9 Å². The monoisotopic (exact) mass is 345 g/mol. The fourth-order valence-electron chi connectivity index (χ4n) is 2.92. The van der Waals surface area contributed by atoms with Gasteiger partial charge in [-0.25, -0.2) is 4.79 Å². The minimum Gasteiger partial charge on any atom is -0.390 e. The van der Waals surface area contributed by atoms with E-state index in [1.807, 2.05) is 0 Å². The van der Waals surface area contributed by atoms with Crippen molar-refractivity contribution in [1.82, 2.24) is 9.55 Å². The third-order valence-electron chi connectivity index (χ3n) is 3.87. The maximum atomic E-state index is 12.8. The van der Waals surface area contributed by atoms with Crippen LogP contribution in [0.5, 0.6) is 0 Å². The fourth-order valence-corrected chi connectivity index (χ4v) is 5.11. The number of ether oxygens (including phenoxy) is 1. The van der Waals surface area contributed by atoms with Gasteiger partial charge in [0.15, 0.2) is 0 Å². The van der Waals surface area contributed by atoms with E-state index in [0.29, 0.717) is 0 Å². The zero-order valence-electron chi connectivity index (χ0n) is 12.9. The van der Waals surface area contributed by atoms with Gasteiger partial charge in [-0.2, -0.15) is 4.98 Å². The molecule has 2 aliphatic rings.